The Morgan fingerprint density at radius 2 is 1.97 bits per heavy atom. The van der Waals surface area contributed by atoms with Crippen LogP contribution >= 0.6 is 0 Å². The van der Waals surface area contributed by atoms with E-state index in [-0.39, 0.29) is 42.2 Å². The molecule has 8 heteroatoms. The minimum Gasteiger partial charge on any atom is -0.381 e. The molecule has 2 saturated heterocycles. The van der Waals surface area contributed by atoms with E-state index in [1.165, 1.54) is 0 Å². The van der Waals surface area contributed by atoms with Crippen molar-refractivity contribution in [2.24, 2.45) is 11.3 Å². The summed E-state index contributed by atoms with van der Waals surface area (Å²) in [5.41, 5.74) is 0.951. The summed E-state index contributed by atoms with van der Waals surface area (Å²) >= 11 is 0. The molecule has 31 heavy (non-hydrogen) atoms. The van der Waals surface area contributed by atoms with Gasteiger partial charge >= 0.3 is 0 Å². The molecule has 1 aromatic carbocycles. The molecular formula is C23H34N4O4. The highest BCUT2D eigenvalue weighted by Gasteiger charge is 2.37. The van der Waals surface area contributed by atoms with Gasteiger partial charge in [-0.1, -0.05) is 44.2 Å². The maximum absolute atomic E-state index is 12.9. The molecule has 170 valence electrons. The Kier molecular flexibility index (Phi) is 7.67. The Balaban J connectivity index is 1.65. The molecule has 3 amide bonds. The van der Waals surface area contributed by atoms with Gasteiger partial charge in [-0.15, -0.1) is 0 Å². The van der Waals surface area contributed by atoms with Crippen molar-refractivity contribution >= 4 is 17.7 Å². The van der Waals surface area contributed by atoms with Gasteiger partial charge in [-0.2, -0.15) is 0 Å². The van der Waals surface area contributed by atoms with Gasteiger partial charge in [0.2, 0.25) is 11.8 Å². The minimum absolute atomic E-state index is 0.0414. The Morgan fingerprint density at radius 3 is 2.61 bits per heavy atom. The first kappa shape index (κ1) is 23.2. The summed E-state index contributed by atoms with van der Waals surface area (Å²) in [4.78, 5) is 37.7. The largest absolute Gasteiger partial charge is 0.381 e. The quantitative estimate of drug-likeness (QED) is 0.410. The van der Waals surface area contributed by atoms with E-state index < -0.39 is 18.1 Å². The second-order valence-electron chi connectivity index (χ2n) is 9.40. The monoisotopic (exact) mass is 430 g/mol. The summed E-state index contributed by atoms with van der Waals surface area (Å²) < 4.78 is 0. The van der Waals surface area contributed by atoms with Gasteiger partial charge in [-0.25, -0.2) is 0 Å². The van der Waals surface area contributed by atoms with E-state index in [4.69, 9.17) is 0 Å². The van der Waals surface area contributed by atoms with Crippen molar-refractivity contribution in [2.45, 2.75) is 64.3 Å². The third-order valence-electron chi connectivity index (χ3n) is 6.25. The Hall–Kier alpha value is -2.45. The molecule has 0 spiro atoms. The normalized spacial score (nSPS) is 24.7. The van der Waals surface area contributed by atoms with Gasteiger partial charge in [-0.05, 0) is 43.2 Å². The SMILES string of the molecule is CC1(C)CCN[C@H](C(=O)N[C@@H](CC2CCNC2=O)C(O)C(=O)NCc2ccccc2)C1. The van der Waals surface area contributed by atoms with Gasteiger partial charge < -0.3 is 26.4 Å². The average Bonchev–Trinajstić information content (AvgIpc) is 3.15. The first-order chi connectivity index (χ1) is 14.7. The number of carbonyl (C=O) groups excluding carboxylic acids is 3. The number of benzene rings is 1. The zero-order valence-electron chi connectivity index (χ0n) is 18.3. The van der Waals surface area contributed by atoms with Crippen LogP contribution < -0.4 is 21.3 Å². The van der Waals surface area contributed by atoms with Crippen molar-refractivity contribution in [2.75, 3.05) is 13.1 Å². The molecule has 3 rings (SSSR count). The second-order valence-corrected chi connectivity index (χ2v) is 9.40. The summed E-state index contributed by atoms with van der Waals surface area (Å²) in [5, 5.41) is 22.4. The fourth-order valence-electron chi connectivity index (χ4n) is 4.30. The second kappa shape index (κ2) is 10.2. The van der Waals surface area contributed by atoms with Crippen LogP contribution in [-0.2, 0) is 20.9 Å². The number of aliphatic hydroxyl groups is 1. The molecule has 2 aliphatic rings. The lowest BCUT2D eigenvalue weighted by atomic mass is 9.79. The molecule has 4 atom stereocenters. The number of amides is 3. The summed E-state index contributed by atoms with van der Waals surface area (Å²) in [5.74, 6) is -1.25. The minimum atomic E-state index is -1.45. The van der Waals surface area contributed by atoms with Gasteiger partial charge in [0.25, 0.3) is 5.91 Å². The maximum Gasteiger partial charge on any atom is 0.251 e. The van der Waals surface area contributed by atoms with Crippen LogP contribution in [0.4, 0.5) is 0 Å². The van der Waals surface area contributed by atoms with Crippen LogP contribution in [0.3, 0.4) is 0 Å². The third-order valence-corrected chi connectivity index (χ3v) is 6.25. The molecule has 0 radical (unpaired) electrons. The van der Waals surface area contributed by atoms with Gasteiger partial charge in [0.05, 0.1) is 12.1 Å². The summed E-state index contributed by atoms with van der Waals surface area (Å²) in [6.45, 7) is 5.83. The molecule has 2 unspecified atom stereocenters. The number of nitrogens with one attached hydrogen (secondary N) is 4. The topological polar surface area (TPSA) is 120 Å². The highest BCUT2D eigenvalue weighted by atomic mass is 16.3. The zero-order chi connectivity index (χ0) is 22.4. The van der Waals surface area contributed by atoms with Crippen LogP contribution in [0, 0.1) is 11.3 Å². The number of hydrogen-bond acceptors (Lipinski definition) is 5. The number of piperidine rings is 1. The summed E-state index contributed by atoms with van der Waals surface area (Å²) in [6, 6.07) is 8.17. The Morgan fingerprint density at radius 1 is 1.23 bits per heavy atom. The van der Waals surface area contributed by atoms with Crippen molar-refractivity contribution in [3.05, 3.63) is 35.9 Å². The summed E-state index contributed by atoms with van der Waals surface area (Å²) in [7, 11) is 0. The van der Waals surface area contributed by atoms with E-state index in [0.29, 0.717) is 19.4 Å². The van der Waals surface area contributed by atoms with E-state index in [1.807, 2.05) is 30.3 Å². The van der Waals surface area contributed by atoms with E-state index in [9.17, 15) is 19.5 Å². The Bertz CT molecular complexity index is 783. The fraction of sp³-hybridized carbons (Fsp3) is 0.609. The first-order valence-corrected chi connectivity index (χ1v) is 11.1. The van der Waals surface area contributed by atoms with Crippen molar-refractivity contribution in [1.82, 2.24) is 21.3 Å². The number of aliphatic hydroxyl groups excluding tert-OH is 1. The van der Waals surface area contributed by atoms with Crippen molar-refractivity contribution < 1.29 is 19.5 Å². The number of rotatable bonds is 8. The van der Waals surface area contributed by atoms with Crippen molar-refractivity contribution in [3.8, 4) is 0 Å². The molecule has 8 nitrogen and oxygen atoms in total. The van der Waals surface area contributed by atoms with Crippen LogP contribution in [0.1, 0.15) is 45.1 Å². The highest BCUT2D eigenvalue weighted by molar-refractivity contribution is 5.86. The summed E-state index contributed by atoms with van der Waals surface area (Å²) in [6.07, 6.45) is 1.04. The molecule has 1 aromatic rings. The Labute approximate surface area is 183 Å². The van der Waals surface area contributed by atoms with Crippen LogP contribution in [0.25, 0.3) is 0 Å². The molecule has 5 N–H and O–H groups in total. The zero-order valence-corrected chi connectivity index (χ0v) is 18.3. The van der Waals surface area contributed by atoms with Crippen LogP contribution in [0.5, 0.6) is 0 Å². The predicted molar refractivity (Wildman–Crippen MR) is 117 cm³/mol. The molecule has 2 heterocycles. The molecule has 0 aromatic heterocycles. The smallest absolute Gasteiger partial charge is 0.251 e. The third kappa shape index (κ3) is 6.51. The lowest BCUT2D eigenvalue weighted by molar-refractivity contribution is -0.134. The molecular weight excluding hydrogens is 396 g/mol. The van der Waals surface area contributed by atoms with Gasteiger partial charge in [0.1, 0.15) is 0 Å². The van der Waals surface area contributed by atoms with Gasteiger partial charge in [0.15, 0.2) is 6.10 Å². The highest BCUT2D eigenvalue weighted by Crippen LogP contribution is 2.29. The van der Waals surface area contributed by atoms with Crippen LogP contribution in [0.2, 0.25) is 0 Å². The van der Waals surface area contributed by atoms with E-state index in [0.717, 1.165) is 18.5 Å². The molecule has 0 bridgehead atoms. The van der Waals surface area contributed by atoms with Gasteiger partial charge in [0, 0.05) is 19.0 Å². The molecule has 0 aliphatic carbocycles. The maximum atomic E-state index is 12.9. The lowest BCUT2D eigenvalue weighted by Crippen LogP contribution is -2.57. The van der Waals surface area contributed by atoms with E-state index in [1.54, 1.807) is 0 Å². The van der Waals surface area contributed by atoms with Crippen LogP contribution in [-0.4, -0.2) is 54.1 Å². The van der Waals surface area contributed by atoms with Gasteiger partial charge in [-0.3, -0.25) is 14.4 Å². The fourth-order valence-corrected chi connectivity index (χ4v) is 4.30. The molecule has 2 aliphatic heterocycles. The standard InChI is InChI=1S/C23H34N4O4/c1-23(2)9-11-24-18(13-23)21(30)27-17(12-16-8-10-25-20(16)29)19(28)22(31)26-14-15-6-4-3-5-7-15/h3-7,16-19,24,28H,8-14H2,1-2H3,(H,25,29)(H,26,31)(H,27,30)/t16?,17-,18-,19?/m0/s1. The van der Waals surface area contributed by atoms with E-state index in [2.05, 4.69) is 35.1 Å². The van der Waals surface area contributed by atoms with E-state index >= 15 is 0 Å². The molecule has 2 fully saturated rings. The number of hydrogen-bond donors (Lipinski definition) is 5. The first-order valence-electron chi connectivity index (χ1n) is 11.1. The van der Waals surface area contributed by atoms with Crippen LogP contribution in [0.15, 0.2) is 30.3 Å². The lowest BCUT2D eigenvalue weighted by Gasteiger charge is -2.36. The molecule has 0 saturated carbocycles. The number of carbonyl (C=O) groups is 3. The van der Waals surface area contributed by atoms with Crippen molar-refractivity contribution in [1.29, 1.82) is 0 Å². The predicted octanol–water partition coefficient (Wildman–Crippen LogP) is 0.453. The average molecular weight is 431 g/mol. The van der Waals surface area contributed by atoms with Crippen molar-refractivity contribution in [3.63, 3.8) is 0 Å².